The van der Waals surface area contributed by atoms with Crippen LogP contribution in [0, 0.1) is 0 Å². The molecule has 1 saturated heterocycles. The molecular formula is C19H18Cl3F3N2. The Balaban J connectivity index is 2.14. The molecule has 0 bridgehead atoms. The second-order valence-corrected chi connectivity index (χ2v) is 7.69. The van der Waals surface area contributed by atoms with Gasteiger partial charge in [-0.1, -0.05) is 40.9 Å². The minimum Gasteiger partial charge on any atom is -0.315 e. The van der Waals surface area contributed by atoms with E-state index in [4.69, 9.17) is 34.8 Å². The van der Waals surface area contributed by atoms with E-state index >= 15 is 0 Å². The van der Waals surface area contributed by atoms with Crippen LogP contribution in [0.4, 0.5) is 13.2 Å². The topological polar surface area (TPSA) is 15.3 Å². The van der Waals surface area contributed by atoms with E-state index in [9.17, 15) is 13.2 Å². The van der Waals surface area contributed by atoms with E-state index in [2.05, 4.69) is 10.2 Å². The molecule has 0 aliphatic carbocycles. The van der Waals surface area contributed by atoms with Gasteiger partial charge < -0.3 is 5.32 Å². The lowest BCUT2D eigenvalue weighted by Crippen LogP contribution is -2.33. The summed E-state index contributed by atoms with van der Waals surface area (Å²) in [7, 11) is 0. The molecule has 1 aliphatic rings. The molecule has 0 aromatic heterocycles. The third kappa shape index (κ3) is 4.90. The van der Waals surface area contributed by atoms with Gasteiger partial charge in [-0.25, -0.2) is 0 Å². The number of hydrogen-bond acceptors (Lipinski definition) is 2. The standard InChI is InChI=1S/C19H18Cl3F3N2/c20-13-3-4-14(17(22)11-13)18(27-8-1-6-26-7-9-27)15-10-12(19(23,24)25)2-5-16(15)21/h2-5,10-11,18,26H,1,6-9H2. The normalized spacial score (nSPS) is 17.6. The SMILES string of the molecule is FC(F)(F)c1ccc(Cl)c(C(c2ccc(Cl)cc2Cl)N2CCCNCC2)c1. The minimum absolute atomic E-state index is 0.274. The molecule has 3 rings (SSSR count). The lowest BCUT2D eigenvalue weighted by Gasteiger charge is -2.33. The lowest BCUT2D eigenvalue weighted by molar-refractivity contribution is -0.137. The third-order valence-corrected chi connectivity index (χ3v) is 5.52. The Hall–Kier alpha value is -0.980. The molecule has 8 heteroatoms. The predicted molar refractivity (Wildman–Crippen MR) is 104 cm³/mol. The van der Waals surface area contributed by atoms with Crippen LogP contribution in [0.3, 0.4) is 0 Å². The largest absolute Gasteiger partial charge is 0.416 e. The highest BCUT2D eigenvalue weighted by Crippen LogP contribution is 2.40. The summed E-state index contributed by atoms with van der Waals surface area (Å²) in [6.45, 7) is 2.96. The number of nitrogens with zero attached hydrogens (tertiary/aromatic N) is 1. The molecular weight excluding hydrogens is 420 g/mol. The van der Waals surface area contributed by atoms with Crippen molar-refractivity contribution in [1.29, 1.82) is 0 Å². The Labute approximate surface area is 171 Å². The van der Waals surface area contributed by atoms with Crippen LogP contribution in [0.15, 0.2) is 36.4 Å². The van der Waals surface area contributed by atoms with Crippen molar-refractivity contribution >= 4 is 34.8 Å². The molecule has 1 atom stereocenters. The van der Waals surface area contributed by atoms with Crippen molar-refractivity contribution in [2.45, 2.75) is 18.6 Å². The Bertz CT molecular complexity index is 803. The Kier molecular flexibility index (Phi) is 6.59. The van der Waals surface area contributed by atoms with Gasteiger partial charge in [-0.3, -0.25) is 4.90 Å². The smallest absolute Gasteiger partial charge is 0.315 e. The summed E-state index contributed by atoms with van der Waals surface area (Å²) in [4.78, 5) is 2.11. The van der Waals surface area contributed by atoms with Gasteiger partial charge in [0.05, 0.1) is 11.6 Å². The van der Waals surface area contributed by atoms with Crippen LogP contribution in [0.1, 0.15) is 29.2 Å². The van der Waals surface area contributed by atoms with Crippen molar-refractivity contribution in [2.24, 2.45) is 0 Å². The fraction of sp³-hybridized carbons (Fsp3) is 0.368. The zero-order chi connectivity index (χ0) is 19.6. The average molecular weight is 438 g/mol. The zero-order valence-corrected chi connectivity index (χ0v) is 16.6. The number of benzene rings is 2. The van der Waals surface area contributed by atoms with E-state index in [1.807, 2.05) is 0 Å². The second-order valence-electron chi connectivity index (χ2n) is 6.44. The highest BCUT2D eigenvalue weighted by atomic mass is 35.5. The first-order valence-electron chi connectivity index (χ1n) is 8.54. The van der Waals surface area contributed by atoms with Crippen LogP contribution in [-0.2, 0) is 6.18 Å². The van der Waals surface area contributed by atoms with Crippen LogP contribution in [-0.4, -0.2) is 31.1 Å². The maximum atomic E-state index is 13.3. The van der Waals surface area contributed by atoms with Gasteiger partial charge in [0.15, 0.2) is 0 Å². The quantitative estimate of drug-likeness (QED) is 0.629. The van der Waals surface area contributed by atoms with Gasteiger partial charge in [0, 0.05) is 34.7 Å². The Morgan fingerprint density at radius 1 is 0.889 bits per heavy atom. The first-order chi connectivity index (χ1) is 12.8. The van der Waals surface area contributed by atoms with Crippen molar-refractivity contribution < 1.29 is 13.2 Å². The number of alkyl halides is 3. The molecule has 0 spiro atoms. The van der Waals surface area contributed by atoms with Gasteiger partial charge in [-0.15, -0.1) is 0 Å². The Morgan fingerprint density at radius 3 is 2.37 bits per heavy atom. The monoisotopic (exact) mass is 436 g/mol. The summed E-state index contributed by atoms with van der Waals surface area (Å²) in [5.41, 5.74) is 0.340. The van der Waals surface area contributed by atoms with Crippen LogP contribution in [0.2, 0.25) is 15.1 Å². The summed E-state index contributed by atoms with van der Waals surface area (Å²) in [5.74, 6) is 0. The van der Waals surface area contributed by atoms with E-state index in [1.54, 1.807) is 18.2 Å². The molecule has 0 saturated carbocycles. The second kappa shape index (κ2) is 8.58. The molecule has 2 aromatic rings. The molecule has 1 heterocycles. The van der Waals surface area contributed by atoms with Crippen LogP contribution in [0.5, 0.6) is 0 Å². The van der Waals surface area contributed by atoms with Gasteiger partial charge in [-0.05, 0) is 54.4 Å². The predicted octanol–water partition coefficient (Wildman–Crippen LogP) is 6.05. The highest BCUT2D eigenvalue weighted by Gasteiger charge is 2.33. The van der Waals surface area contributed by atoms with Crippen LogP contribution < -0.4 is 5.32 Å². The summed E-state index contributed by atoms with van der Waals surface area (Å²) in [6.07, 6.45) is -3.58. The van der Waals surface area contributed by atoms with E-state index in [-0.39, 0.29) is 5.02 Å². The maximum Gasteiger partial charge on any atom is 0.416 e. The summed E-state index contributed by atoms with van der Waals surface area (Å²) in [6, 6.07) is 7.96. The average Bonchev–Trinajstić information content (AvgIpc) is 2.87. The van der Waals surface area contributed by atoms with Crippen molar-refractivity contribution in [3.63, 3.8) is 0 Å². The molecule has 146 valence electrons. The number of halogens is 6. The maximum absolute atomic E-state index is 13.3. The minimum atomic E-state index is -4.45. The molecule has 2 nitrogen and oxygen atoms in total. The van der Waals surface area contributed by atoms with Gasteiger partial charge >= 0.3 is 6.18 Å². The van der Waals surface area contributed by atoms with Crippen LogP contribution >= 0.6 is 34.8 Å². The number of rotatable bonds is 3. The molecule has 1 aliphatic heterocycles. The van der Waals surface area contributed by atoms with E-state index in [0.29, 0.717) is 34.3 Å². The van der Waals surface area contributed by atoms with Crippen molar-refractivity contribution in [1.82, 2.24) is 10.2 Å². The lowest BCUT2D eigenvalue weighted by atomic mass is 9.95. The van der Waals surface area contributed by atoms with Gasteiger partial charge in [0.2, 0.25) is 0 Å². The number of hydrogen-bond donors (Lipinski definition) is 1. The fourth-order valence-electron chi connectivity index (χ4n) is 3.34. The molecule has 1 fully saturated rings. The molecule has 2 aromatic carbocycles. The summed E-state index contributed by atoms with van der Waals surface area (Å²) in [5, 5.41) is 4.44. The van der Waals surface area contributed by atoms with Crippen molar-refractivity contribution in [2.75, 3.05) is 26.2 Å². The molecule has 1 unspecified atom stereocenters. The van der Waals surface area contributed by atoms with Crippen molar-refractivity contribution in [3.05, 3.63) is 68.2 Å². The zero-order valence-electron chi connectivity index (χ0n) is 14.3. The van der Waals surface area contributed by atoms with Crippen LogP contribution in [0.25, 0.3) is 0 Å². The third-order valence-electron chi connectivity index (χ3n) is 4.61. The first kappa shape index (κ1) is 20.7. The van der Waals surface area contributed by atoms with E-state index in [0.717, 1.165) is 31.6 Å². The Morgan fingerprint density at radius 2 is 1.67 bits per heavy atom. The highest BCUT2D eigenvalue weighted by molar-refractivity contribution is 6.35. The fourth-order valence-corrected chi connectivity index (χ4v) is 4.07. The summed E-state index contributed by atoms with van der Waals surface area (Å²) < 4.78 is 39.9. The van der Waals surface area contributed by atoms with E-state index in [1.165, 1.54) is 6.07 Å². The molecule has 0 radical (unpaired) electrons. The molecule has 1 N–H and O–H groups in total. The van der Waals surface area contributed by atoms with Crippen molar-refractivity contribution in [3.8, 4) is 0 Å². The van der Waals surface area contributed by atoms with Gasteiger partial charge in [-0.2, -0.15) is 13.2 Å². The first-order valence-corrected chi connectivity index (χ1v) is 9.67. The van der Waals surface area contributed by atoms with Gasteiger partial charge in [0.1, 0.15) is 0 Å². The number of nitrogens with one attached hydrogen (secondary N) is 1. The van der Waals surface area contributed by atoms with E-state index < -0.39 is 17.8 Å². The molecule has 27 heavy (non-hydrogen) atoms. The molecule has 0 amide bonds. The van der Waals surface area contributed by atoms with Gasteiger partial charge in [0.25, 0.3) is 0 Å². The summed E-state index contributed by atoms with van der Waals surface area (Å²) >= 11 is 18.8.